The van der Waals surface area contributed by atoms with Crippen molar-refractivity contribution in [2.24, 2.45) is 0 Å². The first-order valence-corrected chi connectivity index (χ1v) is 7.09. The van der Waals surface area contributed by atoms with Crippen LogP contribution in [0.25, 0.3) is 10.9 Å². The first-order valence-electron chi connectivity index (χ1n) is 5.48. The van der Waals surface area contributed by atoms with E-state index in [0.29, 0.717) is 5.39 Å². The van der Waals surface area contributed by atoms with Crippen molar-refractivity contribution in [3.05, 3.63) is 36.0 Å². The first kappa shape index (κ1) is 14.7. The average molecular weight is 307 g/mol. The number of nitrogens with zero attached hydrogens (tertiary/aromatic N) is 2. The molecule has 108 valence electrons. The lowest BCUT2D eigenvalue weighted by Gasteiger charge is -2.06. The zero-order valence-electron chi connectivity index (χ0n) is 10.0. The summed E-state index contributed by atoms with van der Waals surface area (Å²) in [7, 11) is -4.15. The summed E-state index contributed by atoms with van der Waals surface area (Å²) in [5.41, 5.74) is -0.734. The second kappa shape index (κ2) is 4.98. The van der Waals surface area contributed by atoms with Gasteiger partial charge in [0.05, 0.1) is 5.56 Å². The molecule has 1 aromatic carbocycles. The highest BCUT2D eigenvalue weighted by molar-refractivity contribution is 7.85. The Hall–Kier alpha value is -1.74. The number of hydrogen-bond acceptors (Lipinski definition) is 3. The van der Waals surface area contributed by atoms with E-state index in [0.717, 1.165) is 16.8 Å². The van der Waals surface area contributed by atoms with Crippen LogP contribution in [-0.2, 0) is 22.8 Å². The van der Waals surface area contributed by atoms with Crippen molar-refractivity contribution in [2.45, 2.75) is 12.7 Å². The minimum Gasteiger partial charge on any atom is -0.285 e. The van der Waals surface area contributed by atoms with Crippen LogP contribution in [0.1, 0.15) is 5.56 Å². The number of aromatic nitrogens is 2. The molecule has 2 rings (SSSR count). The van der Waals surface area contributed by atoms with Gasteiger partial charge in [-0.05, 0) is 12.1 Å². The van der Waals surface area contributed by atoms with Gasteiger partial charge >= 0.3 is 6.18 Å². The summed E-state index contributed by atoms with van der Waals surface area (Å²) in [6.45, 7) is -0.148. The predicted molar refractivity (Wildman–Crippen MR) is 63.4 cm³/mol. The van der Waals surface area contributed by atoms with Crippen LogP contribution >= 0.6 is 0 Å². The smallest absolute Gasteiger partial charge is 0.285 e. The third kappa shape index (κ3) is 3.64. The topological polar surface area (TPSA) is 71.1 Å². The van der Waals surface area contributed by atoms with Crippen molar-refractivity contribution in [1.29, 1.82) is 0 Å². The van der Waals surface area contributed by atoms with E-state index in [-0.39, 0.29) is 12.1 Å². The van der Waals surface area contributed by atoms with Gasteiger partial charge in [0.1, 0.15) is 11.3 Å². The van der Waals surface area contributed by atoms with Crippen LogP contribution in [0.2, 0.25) is 0 Å². The van der Waals surface area contributed by atoms with Gasteiger partial charge in [-0.15, -0.1) is 0 Å². The highest BCUT2D eigenvalue weighted by Gasteiger charge is 2.30. The van der Waals surface area contributed by atoms with Gasteiger partial charge in [-0.3, -0.25) is 4.55 Å². The van der Waals surface area contributed by atoms with Crippen LogP contribution in [0.3, 0.4) is 0 Å². The van der Waals surface area contributed by atoms with E-state index < -0.39 is 27.6 Å². The van der Waals surface area contributed by atoms with Crippen molar-refractivity contribution < 1.29 is 30.8 Å². The molecular weight excluding hydrogens is 297 g/mol. The number of benzene rings is 1. The summed E-state index contributed by atoms with van der Waals surface area (Å²) in [5.74, 6) is -0.560. The fraction of sp³-hybridized carbons (Fsp3) is 0.273. The molecular formula is C11H10F3N2O3S+. The Morgan fingerprint density at radius 2 is 1.95 bits per heavy atom. The van der Waals surface area contributed by atoms with Crippen LogP contribution in [0.5, 0.6) is 0 Å². The molecule has 1 N–H and O–H groups in total. The second-order valence-corrected chi connectivity index (χ2v) is 5.71. The molecule has 1 aromatic heterocycles. The molecule has 0 unspecified atom stereocenters. The maximum atomic E-state index is 12.6. The minimum absolute atomic E-state index is 0.0951. The summed E-state index contributed by atoms with van der Waals surface area (Å²) in [5, 5.41) is 4.39. The van der Waals surface area contributed by atoms with Crippen LogP contribution in [0.15, 0.2) is 30.5 Å². The molecule has 0 radical (unpaired) electrons. The molecule has 0 aliphatic rings. The molecule has 0 saturated heterocycles. The van der Waals surface area contributed by atoms with Crippen molar-refractivity contribution in [2.75, 3.05) is 5.75 Å². The molecule has 0 atom stereocenters. The Kier molecular flexibility index (Phi) is 3.65. The average Bonchev–Trinajstić information content (AvgIpc) is 2.33. The molecule has 5 nitrogen and oxygen atoms in total. The van der Waals surface area contributed by atoms with Crippen LogP contribution in [0.4, 0.5) is 13.2 Å². The summed E-state index contributed by atoms with van der Waals surface area (Å²) in [6.07, 6.45) is -3.04. The molecule has 0 fully saturated rings. The van der Waals surface area contributed by atoms with Gasteiger partial charge in [-0.25, -0.2) is 0 Å². The van der Waals surface area contributed by atoms with Crippen molar-refractivity contribution in [3.63, 3.8) is 0 Å². The Labute approximate surface area is 112 Å². The van der Waals surface area contributed by atoms with Gasteiger partial charge in [-0.1, -0.05) is 10.7 Å². The van der Waals surface area contributed by atoms with E-state index in [9.17, 15) is 21.6 Å². The fourth-order valence-corrected chi connectivity index (χ4v) is 2.04. The lowest BCUT2D eigenvalue weighted by atomic mass is 10.1. The number of rotatable bonds is 3. The van der Waals surface area contributed by atoms with Crippen molar-refractivity contribution >= 4 is 21.0 Å². The van der Waals surface area contributed by atoms with Gasteiger partial charge in [0.25, 0.3) is 10.1 Å². The first-order chi connectivity index (χ1) is 9.15. The SMILES string of the molecule is O=S(=O)(O)CC[n+]1ccc2ccc(C(F)(F)F)cc2n1. The number of alkyl halides is 3. The molecule has 9 heteroatoms. The van der Waals surface area contributed by atoms with Gasteiger partial charge in [0, 0.05) is 16.6 Å². The van der Waals surface area contributed by atoms with E-state index in [1.165, 1.54) is 18.3 Å². The summed E-state index contributed by atoms with van der Waals surface area (Å²) in [6, 6.07) is 4.65. The molecule has 0 saturated carbocycles. The van der Waals surface area contributed by atoms with Gasteiger partial charge in [0.15, 0.2) is 12.7 Å². The lowest BCUT2D eigenvalue weighted by molar-refractivity contribution is -0.747. The van der Waals surface area contributed by atoms with Crippen molar-refractivity contribution in [1.82, 2.24) is 5.10 Å². The van der Waals surface area contributed by atoms with Crippen LogP contribution < -0.4 is 4.68 Å². The Morgan fingerprint density at radius 3 is 2.55 bits per heavy atom. The van der Waals surface area contributed by atoms with E-state index in [4.69, 9.17) is 4.55 Å². The largest absolute Gasteiger partial charge is 0.416 e. The molecule has 0 bridgehead atoms. The molecule has 20 heavy (non-hydrogen) atoms. The van der Waals surface area contributed by atoms with Crippen LogP contribution in [0, 0.1) is 0 Å². The Balaban J connectivity index is 2.36. The van der Waals surface area contributed by atoms with Crippen LogP contribution in [-0.4, -0.2) is 23.8 Å². The summed E-state index contributed by atoms with van der Waals surface area (Å²) >= 11 is 0. The molecule has 0 amide bonds. The third-order valence-corrected chi connectivity index (χ3v) is 3.30. The number of fused-ring (bicyclic) bond motifs is 1. The number of halogens is 3. The quantitative estimate of drug-likeness (QED) is 0.688. The lowest BCUT2D eigenvalue weighted by Crippen LogP contribution is -2.40. The maximum absolute atomic E-state index is 12.6. The van der Waals surface area contributed by atoms with E-state index in [2.05, 4.69) is 5.10 Å². The van der Waals surface area contributed by atoms with Gasteiger partial charge in [0.2, 0.25) is 0 Å². The standard InChI is InChI=1S/C11H9F3N2O3S/c12-11(13,14)9-2-1-8-3-4-16(15-10(8)7-9)5-6-20(17,18)19/h1-4,7H,5-6H2/p+1. The third-order valence-electron chi connectivity index (χ3n) is 2.60. The zero-order valence-corrected chi connectivity index (χ0v) is 10.8. The normalized spacial score (nSPS) is 12.8. The Bertz CT molecular complexity index is 744. The molecule has 0 aliphatic carbocycles. The maximum Gasteiger partial charge on any atom is 0.416 e. The number of hydrogen-bond donors (Lipinski definition) is 1. The summed E-state index contributed by atoms with van der Waals surface area (Å²) in [4.78, 5) is 0. The van der Waals surface area contributed by atoms with E-state index >= 15 is 0 Å². The van der Waals surface area contributed by atoms with E-state index in [1.807, 2.05) is 0 Å². The minimum atomic E-state index is -4.47. The fourth-order valence-electron chi connectivity index (χ4n) is 1.62. The highest BCUT2D eigenvalue weighted by atomic mass is 32.2. The molecule has 0 aliphatic heterocycles. The molecule has 2 aromatic rings. The summed E-state index contributed by atoms with van der Waals surface area (Å²) < 4.78 is 68.7. The highest BCUT2D eigenvalue weighted by Crippen LogP contribution is 2.30. The van der Waals surface area contributed by atoms with Crippen molar-refractivity contribution in [3.8, 4) is 0 Å². The number of aryl methyl sites for hydroxylation is 1. The van der Waals surface area contributed by atoms with Gasteiger partial charge < -0.3 is 0 Å². The molecule has 0 spiro atoms. The van der Waals surface area contributed by atoms with Gasteiger partial charge in [-0.2, -0.15) is 21.6 Å². The monoisotopic (exact) mass is 307 g/mol. The molecule has 1 heterocycles. The van der Waals surface area contributed by atoms with E-state index in [1.54, 1.807) is 0 Å². The zero-order chi connectivity index (χ0) is 15.0. The second-order valence-electron chi connectivity index (χ2n) is 4.14. The Morgan fingerprint density at radius 1 is 1.25 bits per heavy atom. The predicted octanol–water partition coefficient (Wildman–Crippen LogP) is 1.43.